The van der Waals surface area contributed by atoms with Crippen molar-refractivity contribution in [3.8, 4) is 0 Å². The molecule has 1 aromatic rings. The van der Waals surface area contributed by atoms with Crippen molar-refractivity contribution in [1.82, 2.24) is 4.98 Å². The molecule has 92 valence electrons. The van der Waals surface area contributed by atoms with Crippen molar-refractivity contribution in [2.45, 2.75) is 18.9 Å². The predicted molar refractivity (Wildman–Crippen MR) is 68.0 cm³/mol. The van der Waals surface area contributed by atoms with Crippen molar-refractivity contribution in [3.05, 3.63) is 26.9 Å². The van der Waals surface area contributed by atoms with E-state index in [0.717, 1.165) is 19.4 Å². The van der Waals surface area contributed by atoms with Gasteiger partial charge in [-0.05, 0) is 28.8 Å². The number of halogens is 1. The maximum Gasteiger partial charge on any atom is 0.312 e. The second-order valence-electron chi connectivity index (χ2n) is 4.10. The maximum absolute atomic E-state index is 11.0. The Morgan fingerprint density at radius 1 is 1.65 bits per heavy atom. The molecule has 1 atom stereocenters. The van der Waals surface area contributed by atoms with Gasteiger partial charge in [-0.3, -0.25) is 10.1 Å². The van der Waals surface area contributed by atoms with Crippen LogP contribution in [0.3, 0.4) is 0 Å². The fourth-order valence-electron chi connectivity index (χ4n) is 2.00. The number of hydrogen-bond acceptors (Lipinski definition) is 5. The van der Waals surface area contributed by atoms with E-state index in [9.17, 15) is 10.1 Å². The molecule has 7 heteroatoms. The highest BCUT2D eigenvalue weighted by molar-refractivity contribution is 9.10. The summed E-state index contributed by atoms with van der Waals surface area (Å²) >= 11 is 3.19. The standard InChI is InChI=1S/C10H13BrN4O2/c11-7-4-9(15(16)17)10(13-5-7)14-3-1-2-8(12)6-14/h4-5,8H,1-3,6,12H2. The zero-order valence-electron chi connectivity index (χ0n) is 9.17. The average Bonchev–Trinajstić information content (AvgIpc) is 2.28. The summed E-state index contributed by atoms with van der Waals surface area (Å²) in [4.78, 5) is 16.6. The van der Waals surface area contributed by atoms with Crippen LogP contribution in [0.15, 0.2) is 16.7 Å². The first-order chi connectivity index (χ1) is 8.08. The molecule has 1 unspecified atom stereocenters. The van der Waals surface area contributed by atoms with Gasteiger partial charge in [0.2, 0.25) is 5.82 Å². The van der Waals surface area contributed by atoms with E-state index < -0.39 is 4.92 Å². The zero-order chi connectivity index (χ0) is 12.4. The number of hydrogen-bond donors (Lipinski definition) is 1. The lowest BCUT2D eigenvalue weighted by Gasteiger charge is -2.31. The molecule has 1 aliphatic rings. The Morgan fingerprint density at radius 3 is 3.06 bits per heavy atom. The first kappa shape index (κ1) is 12.3. The van der Waals surface area contributed by atoms with E-state index in [1.807, 2.05) is 4.90 Å². The fourth-order valence-corrected chi connectivity index (χ4v) is 2.32. The van der Waals surface area contributed by atoms with Gasteiger partial charge in [0.1, 0.15) is 0 Å². The van der Waals surface area contributed by atoms with Gasteiger partial charge in [0.15, 0.2) is 0 Å². The first-order valence-electron chi connectivity index (χ1n) is 5.38. The lowest BCUT2D eigenvalue weighted by Crippen LogP contribution is -2.43. The average molecular weight is 301 g/mol. The molecule has 1 fully saturated rings. The van der Waals surface area contributed by atoms with E-state index in [2.05, 4.69) is 20.9 Å². The molecule has 2 rings (SSSR count). The van der Waals surface area contributed by atoms with Crippen molar-refractivity contribution >= 4 is 27.4 Å². The number of aromatic nitrogens is 1. The third-order valence-electron chi connectivity index (χ3n) is 2.77. The Kier molecular flexibility index (Phi) is 3.58. The number of rotatable bonds is 2. The Bertz CT molecular complexity index is 440. The number of pyridine rings is 1. The summed E-state index contributed by atoms with van der Waals surface area (Å²) < 4.78 is 0.606. The van der Waals surface area contributed by atoms with Crippen LogP contribution in [0.2, 0.25) is 0 Å². The molecule has 1 aromatic heterocycles. The van der Waals surface area contributed by atoms with Gasteiger partial charge in [-0.25, -0.2) is 4.98 Å². The largest absolute Gasteiger partial charge is 0.349 e. The molecule has 1 saturated heterocycles. The van der Waals surface area contributed by atoms with E-state index in [0.29, 0.717) is 16.8 Å². The van der Waals surface area contributed by atoms with E-state index in [4.69, 9.17) is 5.73 Å². The smallest absolute Gasteiger partial charge is 0.312 e. The monoisotopic (exact) mass is 300 g/mol. The van der Waals surface area contributed by atoms with Crippen LogP contribution in [0.5, 0.6) is 0 Å². The van der Waals surface area contributed by atoms with Gasteiger partial charge < -0.3 is 10.6 Å². The van der Waals surface area contributed by atoms with Gasteiger partial charge in [0, 0.05) is 35.9 Å². The maximum atomic E-state index is 11.0. The highest BCUT2D eigenvalue weighted by Crippen LogP contribution is 2.30. The third-order valence-corrected chi connectivity index (χ3v) is 3.20. The highest BCUT2D eigenvalue weighted by Gasteiger charge is 2.25. The molecule has 2 N–H and O–H groups in total. The number of nitrogens with zero attached hydrogens (tertiary/aromatic N) is 3. The zero-order valence-corrected chi connectivity index (χ0v) is 10.8. The van der Waals surface area contributed by atoms with Crippen LogP contribution in [0, 0.1) is 10.1 Å². The quantitative estimate of drug-likeness (QED) is 0.663. The molecular formula is C10H13BrN4O2. The van der Waals surface area contributed by atoms with Crippen molar-refractivity contribution in [1.29, 1.82) is 0 Å². The summed E-state index contributed by atoms with van der Waals surface area (Å²) in [6.07, 6.45) is 3.47. The predicted octanol–water partition coefficient (Wildman–Crippen LogP) is 1.68. The number of anilines is 1. The summed E-state index contributed by atoms with van der Waals surface area (Å²) in [5, 5.41) is 11.0. The van der Waals surface area contributed by atoms with Gasteiger partial charge in [-0.2, -0.15) is 0 Å². The van der Waals surface area contributed by atoms with Gasteiger partial charge in [0.25, 0.3) is 0 Å². The molecule has 0 saturated carbocycles. The van der Waals surface area contributed by atoms with E-state index >= 15 is 0 Å². The fraction of sp³-hybridized carbons (Fsp3) is 0.500. The molecule has 0 spiro atoms. The Hall–Kier alpha value is -1.21. The molecular weight excluding hydrogens is 288 g/mol. The van der Waals surface area contributed by atoms with Crippen LogP contribution in [-0.4, -0.2) is 29.0 Å². The van der Waals surface area contributed by atoms with Gasteiger partial charge >= 0.3 is 5.69 Å². The molecule has 6 nitrogen and oxygen atoms in total. The number of piperidine rings is 1. The minimum atomic E-state index is -0.410. The molecule has 0 aromatic carbocycles. The SMILES string of the molecule is NC1CCCN(c2ncc(Br)cc2[N+](=O)[O-])C1. The van der Waals surface area contributed by atoms with Crippen molar-refractivity contribution in [2.24, 2.45) is 5.73 Å². The van der Waals surface area contributed by atoms with Crippen LogP contribution in [0.1, 0.15) is 12.8 Å². The molecule has 0 bridgehead atoms. The van der Waals surface area contributed by atoms with Gasteiger partial charge in [-0.15, -0.1) is 0 Å². The summed E-state index contributed by atoms with van der Waals surface area (Å²) in [5.74, 6) is 0.411. The summed E-state index contributed by atoms with van der Waals surface area (Å²) in [6, 6.07) is 1.54. The van der Waals surface area contributed by atoms with Crippen molar-refractivity contribution in [3.63, 3.8) is 0 Å². The van der Waals surface area contributed by atoms with Crippen molar-refractivity contribution in [2.75, 3.05) is 18.0 Å². The molecule has 0 aliphatic carbocycles. The molecule has 0 amide bonds. The Morgan fingerprint density at radius 2 is 2.41 bits per heavy atom. The minimum Gasteiger partial charge on any atom is -0.349 e. The lowest BCUT2D eigenvalue weighted by atomic mass is 10.1. The van der Waals surface area contributed by atoms with Crippen LogP contribution in [0.4, 0.5) is 11.5 Å². The van der Waals surface area contributed by atoms with Gasteiger partial charge in [0.05, 0.1) is 4.92 Å². The van der Waals surface area contributed by atoms with Crippen LogP contribution in [0.25, 0.3) is 0 Å². The minimum absolute atomic E-state index is 0.0217. The van der Waals surface area contributed by atoms with Gasteiger partial charge in [-0.1, -0.05) is 0 Å². The lowest BCUT2D eigenvalue weighted by molar-refractivity contribution is -0.384. The van der Waals surface area contributed by atoms with E-state index in [1.54, 1.807) is 6.20 Å². The Labute approximate surface area is 107 Å². The molecule has 2 heterocycles. The number of nitrogens with two attached hydrogens (primary N) is 1. The summed E-state index contributed by atoms with van der Waals surface area (Å²) in [5.41, 5.74) is 5.89. The van der Waals surface area contributed by atoms with Crippen molar-refractivity contribution < 1.29 is 4.92 Å². The summed E-state index contributed by atoms with van der Waals surface area (Å²) in [7, 11) is 0. The van der Waals surface area contributed by atoms with Crippen LogP contribution in [-0.2, 0) is 0 Å². The summed E-state index contributed by atoms with van der Waals surface area (Å²) in [6.45, 7) is 1.39. The first-order valence-corrected chi connectivity index (χ1v) is 6.17. The highest BCUT2D eigenvalue weighted by atomic mass is 79.9. The van der Waals surface area contributed by atoms with Crippen LogP contribution < -0.4 is 10.6 Å². The normalized spacial score (nSPS) is 20.4. The topological polar surface area (TPSA) is 85.3 Å². The number of nitro groups is 1. The Balaban J connectivity index is 2.33. The molecule has 1 aliphatic heterocycles. The van der Waals surface area contributed by atoms with E-state index in [-0.39, 0.29) is 11.7 Å². The molecule has 17 heavy (non-hydrogen) atoms. The van der Waals surface area contributed by atoms with Crippen LogP contribution >= 0.6 is 15.9 Å². The second-order valence-corrected chi connectivity index (χ2v) is 5.02. The van der Waals surface area contributed by atoms with E-state index in [1.165, 1.54) is 6.07 Å². The molecule has 0 radical (unpaired) electrons. The third kappa shape index (κ3) is 2.73. The second kappa shape index (κ2) is 4.97.